The average Bonchev–Trinajstić information content (AvgIpc) is 1.62. The zero-order chi connectivity index (χ0) is 7.49. The predicted molar refractivity (Wildman–Crippen MR) is 39.3 cm³/mol. The number of allylic oxidation sites excluding steroid dienone is 1. The van der Waals surface area contributed by atoms with Gasteiger partial charge in [0.05, 0.1) is 0 Å². The standard InChI is InChI=1S/C7H12BF/c1-6(5-8)4-7(2,3)9/h5H,4H2,1-3H3/b6-5-. The van der Waals surface area contributed by atoms with Crippen LogP contribution in [-0.2, 0) is 0 Å². The van der Waals surface area contributed by atoms with E-state index in [4.69, 9.17) is 7.85 Å². The van der Waals surface area contributed by atoms with Crippen LogP contribution in [0.2, 0.25) is 0 Å². The number of halogens is 1. The van der Waals surface area contributed by atoms with Gasteiger partial charge in [-0.1, -0.05) is 5.57 Å². The van der Waals surface area contributed by atoms with Crippen molar-refractivity contribution < 1.29 is 4.39 Å². The molecule has 0 atom stereocenters. The molecule has 0 aliphatic heterocycles. The van der Waals surface area contributed by atoms with Gasteiger partial charge in [0.25, 0.3) is 0 Å². The summed E-state index contributed by atoms with van der Waals surface area (Å²) in [6.45, 7) is 4.90. The van der Waals surface area contributed by atoms with Crippen molar-refractivity contribution in [3.63, 3.8) is 0 Å². The van der Waals surface area contributed by atoms with Crippen LogP contribution >= 0.6 is 0 Å². The van der Waals surface area contributed by atoms with Gasteiger partial charge < -0.3 is 0 Å². The van der Waals surface area contributed by atoms with Gasteiger partial charge in [0.15, 0.2) is 0 Å². The largest absolute Gasteiger partial charge is 0.244 e. The molecule has 0 bridgehead atoms. The van der Waals surface area contributed by atoms with Crippen LogP contribution < -0.4 is 0 Å². The van der Waals surface area contributed by atoms with Crippen LogP contribution in [0.3, 0.4) is 0 Å². The summed E-state index contributed by atoms with van der Waals surface area (Å²) in [7, 11) is 5.15. The number of rotatable bonds is 2. The summed E-state index contributed by atoms with van der Waals surface area (Å²) in [5.41, 5.74) is -0.234. The quantitative estimate of drug-likeness (QED) is 0.497. The molecule has 0 nitrogen and oxygen atoms in total. The molecule has 50 valence electrons. The Morgan fingerprint density at radius 2 is 2.11 bits per heavy atom. The van der Waals surface area contributed by atoms with Gasteiger partial charge >= 0.3 is 0 Å². The molecule has 0 rings (SSSR count). The molecule has 9 heavy (non-hydrogen) atoms. The minimum absolute atomic E-state index is 0.420. The molecule has 0 aliphatic carbocycles. The van der Waals surface area contributed by atoms with Crippen LogP contribution in [0.4, 0.5) is 4.39 Å². The molecule has 0 aromatic carbocycles. The highest BCUT2D eigenvalue weighted by Gasteiger charge is 2.14. The van der Waals surface area contributed by atoms with Crippen LogP contribution in [-0.4, -0.2) is 13.5 Å². The minimum atomic E-state index is -1.13. The molecular weight excluding hydrogens is 114 g/mol. The van der Waals surface area contributed by atoms with Crippen molar-refractivity contribution in [2.45, 2.75) is 32.9 Å². The van der Waals surface area contributed by atoms with Gasteiger partial charge in [0.2, 0.25) is 0 Å². The van der Waals surface area contributed by atoms with E-state index in [1.807, 2.05) is 6.92 Å². The Bertz CT molecular complexity index is 111. The molecule has 0 heterocycles. The fraction of sp³-hybridized carbons (Fsp3) is 0.714. The lowest BCUT2D eigenvalue weighted by Crippen LogP contribution is -2.11. The smallest absolute Gasteiger partial charge is 0.109 e. The lowest BCUT2D eigenvalue weighted by molar-refractivity contribution is 0.217. The van der Waals surface area contributed by atoms with E-state index in [0.717, 1.165) is 5.57 Å². The first-order chi connectivity index (χ1) is 3.95. The summed E-state index contributed by atoms with van der Waals surface area (Å²) in [6.07, 6.45) is 0.420. The molecule has 0 unspecified atom stereocenters. The van der Waals surface area contributed by atoms with Gasteiger partial charge in [-0.3, -0.25) is 0 Å². The first-order valence-electron chi connectivity index (χ1n) is 3.02. The Morgan fingerprint density at radius 1 is 1.67 bits per heavy atom. The van der Waals surface area contributed by atoms with E-state index in [1.165, 1.54) is 5.98 Å². The molecule has 0 saturated heterocycles. The topological polar surface area (TPSA) is 0 Å². The zero-order valence-corrected chi connectivity index (χ0v) is 6.24. The third-order valence-corrected chi connectivity index (χ3v) is 0.984. The maximum Gasteiger partial charge on any atom is 0.109 e. The molecule has 0 spiro atoms. The van der Waals surface area contributed by atoms with Gasteiger partial charge in [-0.25, -0.2) is 4.39 Å². The zero-order valence-electron chi connectivity index (χ0n) is 6.24. The molecule has 0 fully saturated rings. The lowest BCUT2D eigenvalue weighted by Gasteiger charge is -2.13. The maximum atomic E-state index is 12.7. The van der Waals surface area contributed by atoms with Crippen molar-refractivity contribution in [1.82, 2.24) is 0 Å². The molecule has 0 N–H and O–H groups in total. The highest BCUT2D eigenvalue weighted by Crippen LogP contribution is 2.18. The summed E-state index contributed by atoms with van der Waals surface area (Å²) in [6, 6.07) is 0. The van der Waals surface area contributed by atoms with Crippen molar-refractivity contribution in [3.8, 4) is 0 Å². The second-order valence-corrected chi connectivity index (χ2v) is 2.91. The van der Waals surface area contributed by atoms with Crippen molar-refractivity contribution in [3.05, 3.63) is 11.5 Å². The van der Waals surface area contributed by atoms with Crippen molar-refractivity contribution >= 4 is 7.85 Å². The van der Waals surface area contributed by atoms with Gasteiger partial charge in [0, 0.05) is 6.42 Å². The maximum absolute atomic E-state index is 12.7. The van der Waals surface area contributed by atoms with E-state index < -0.39 is 5.67 Å². The summed E-state index contributed by atoms with van der Waals surface area (Å²) >= 11 is 0. The normalized spacial score (nSPS) is 14.0. The van der Waals surface area contributed by atoms with E-state index in [9.17, 15) is 4.39 Å². The first kappa shape index (κ1) is 8.73. The van der Waals surface area contributed by atoms with Crippen molar-refractivity contribution in [2.75, 3.05) is 0 Å². The van der Waals surface area contributed by atoms with Gasteiger partial charge in [-0.15, -0.1) is 5.98 Å². The summed E-state index contributed by atoms with van der Waals surface area (Å²) in [4.78, 5) is 0. The van der Waals surface area contributed by atoms with Crippen LogP contribution in [0.5, 0.6) is 0 Å². The predicted octanol–water partition coefficient (Wildman–Crippen LogP) is 2.20. The molecular formula is C7H12BF. The Balaban J connectivity index is 3.75. The molecule has 0 saturated carbocycles. The van der Waals surface area contributed by atoms with E-state index in [2.05, 4.69) is 0 Å². The highest BCUT2D eigenvalue weighted by molar-refractivity contribution is 6.17. The van der Waals surface area contributed by atoms with Crippen LogP contribution in [0.25, 0.3) is 0 Å². The second-order valence-electron chi connectivity index (χ2n) is 2.91. The molecule has 0 aromatic rings. The Hall–Kier alpha value is -0.265. The number of hydrogen-bond donors (Lipinski definition) is 0. The summed E-state index contributed by atoms with van der Waals surface area (Å²) < 4.78 is 12.7. The van der Waals surface area contributed by atoms with Crippen LogP contribution in [0.15, 0.2) is 11.5 Å². The third kappa shape index (κ3) is 5.61. The van der Waals surface area contributed by atoms with E-state index in [-0.39, 0.29) is 0 Å². The van der Waals surface area contributed by atoms with Gasteiger partial charge in [-0.05, 0) is 20.8 Å². The van der Waals surface area contributed by atoms with E-state index >= 15 is 0 Å². The highest BCUT2D eigenvalue weighted by atomic mass is 19.1. The lowest BCUT2D eigenvalue weighted by atomic mass is 9.96. The molecule has 2 heteroatoms. The van der Waals surface area contributed by atoms with Crippen molar-refractivity contribution in [1.29, 1.82) is 0 Å². The number of alkyl halides is 1. The fourth-order valence-electron chi connectivity index (χ4n) is 0.722. The molecule has 0 aromatic heterocycles. The average molecular weight is 126 g/mol. The molecule has 0 amide bonds. The monoisotopic (exact) mass is 126 g/mol. The van der Waals surface area contributed by atoms with Gasteiger partial charge in [0.1, 0.15) is 13.5 Å². The Morgan fingerprint density at radius 3 is 2.22 bits per heavy atom. The molecule has 2 radical (unpaired) electrons. The minimum Gasteiger partial charge on any atom is -0.244 e. The Labute approximate surface area is 57.6 Å². The second kappa shape index (κ2) is 3.04. The SMILES string of the molecule is [B]/C=C(/C)CC(C)(C)F. The third-order valence-electron chi connectivity index (χ3n) is 0.984. The van der Waals surface area contributed by atoms with Crippen LogP contribution in [0.1, 0.15) is 27.2 Å². The van der Waals surface area contributed by atoms with Gasteiger partial charge in [-0.2, -0.15) is 0 Å². The van der Waals surface area contributed by atoms with Crippen LogP contribution in [0, 0.1) is 0 Å². The summed E-state index contributed by atoms with van der Waals surface area (Å²) in [5.74, 6) is 1.45. The summed E-state index contributed by atoms with van der Waals surface area (Å²) in [5, 5.41) is 0. The van der Waals surface area contributed by atoms with Crippen molar-refractivity contribution in [2.24, 2.45) is 0 Å². The van der Waals surface area contributed by atoms with E-state index in [1.54, 1.807) is 13.8 Å². The molecule has 0 aliphatic rings. The Kier molecular flexibility index (Phi) is 2.95. The first-order valence-corrected chi connectivity index (χ1v) is 3.02. The fourth-order valence-corrected chi connectivity index (χ4v) is 0.722. The van der Waals surface area contributed by atoms with E-state index in [0.29, 0.717) is 6.42 Å². The number of hydrogen-bond acceptors (Lipinski definition) is 0.